The van der Waals surface area contributed by atoms with Crippen LogP contribution in [0.4, 0.5) is 0 Å². The standard InChI is InChI=1S/C20H17N5O2/c26-19(11-15-12-22-18-4-2-1-3-17(15)18)23-24-20(27)14-5-7-16(8-6-14)25-10-9-21-13-25/h1-10,12-13,22H,11H2,(H,23,26)(H,24,27). The van der Waals surface area contributed by atoms with Crippen LogP contribution in [0.2, 0.25) is 0 Å². The maximum absolute atomic E-state index is 12.2. The summed E-state index contributed by atoms with van der Waals surface area (Å²) in [5.74, 6) is -0.664. The molecule has 2 aromatic carbocycles. The lowest BCUT2D eigenvalue weighted by Gasteiger charge is -2.08. The Labute approximate surface area is 155 Å². The van der Waals surface area contributed by atoms with Gasteiger partial charge in [-0.15, -0.1) is 0 Å². The number of rotatable bonds is 4. The van der Waals surface area contributed by atoms with Crippen molar-refractivity contribution in [2.45, 2.75) is 6.42 Å². The lowest BCUT2D eigenvalue weighted by Crippen LogP contribution is -2.42. The first-order valence-electron chi connectivity index (χ1n) is 8.43. The van der Waals surface area contributed by atoms with E-state index in [2.05, 4.69) is 20.8 Å². The molecule has 134 valence electrons. The van der Waals surface area contributed by atoms with E-state index in [0.717, 1.165) is 22.2 Å². The molecule has 3 N–H and O–H groups in total. The Morgan fingerprint density at radius 3 is 2.63 bits per heavy atom. The summed E-state index contributed by atoms with van der Waals surface area (Å²) >= 11 is 0. The third-order valence-electron chi connectivity index (χ3n) is 4.27. The quantitative estimate of drug-likeness (QED) is 0.489. The molecule has 0 unspecified atom stereocenters. The van der Waals surface area contributed by atoms with Gasteiger partial charge in [0, 0.05) is 40.7 Å². The largest absolute Gasteiger partial charge is 0.361 e. The highest BCUT2D eigenvalue weighted by molar-refractivity contribution is 5.96. The number of fused-ring (bicyclic) bond motifs is 1. The zero-order valence-electron chi connectivity index (χ0n) is 14.3. The van der Waals surface area contributed by atoms with Crippen molar-refractivity contribution >= 4 is 22.7 Å². The van der Waals surface area contributed by atoms with E-state index in [0.29, 0.717) is 5.56 Å². The number of para-hydroxylation sites is 1. The zero-order chi connectivity index (χ0) is 18.6. The molecule has 0 bridgehead atoms. The van der Waals surface area contributed by atoms with Gasteiger partial charge in [-0.2, -0.15) is 0 Å². The highest BCUT2D eigenvalue weighted by atomic mass is 16.2. The number of hydrazine groups is 1. The molecule has 7 nitrogen and oxygen atoms in total. The van der Waals surface area contributed by atoms with Gasteiger partial charge in [0.05, 0.1) is 12.7 Å². The number of nitrogens with zero attached hydrogens (tertiary/aromatic N) is 2. The van der Waals surface area contributed by atoms with Crippen molar-refractivity contribution in [3.63, 3.8) is 0 Å². The highest BCUT2D eigenvalue weighted by Gasteiger charge is 2.11. The minimum absolute atomic E-state index is 0.170. The molecule has 0 aliphatic carbocycles. The van der Waals surface area contributed by atoms with Crippen LogP contribution in [0.3, 0.4) is 0 Å². The van der Waals surface area contributed by atoms with Gasteiger partial charge < -0.3 is 9.55 Å². The molecular formula is C20H17N5O2. The first-order valence-corrected chi connectivity index (χ1v) is 8.43. The van der Waals surface area contributed by atoms with Crippen LogP contribution in [0.15, 0.2) is 73.4 Å². The summed E-state index contributed by atoms with van der Waals surface area (Å²) in [6.07, 6.45) is 7.16. The van der Waals surface area contributed by atoms with Crippen LogP contribution >= 0.6 is 0 Å². The van der Waals surface area contributed by atoms with Crippen LogP contribution in [0, 0.1) is 0 Å². The maximum atomic E-state index is 12.2. The molecule has 2 amide bonds. The number of hydrogen-bond acceptors (Lipinski definition) is 3. The fourth-order valence-corrected chi connectivity index (χ4v) is 2.89. The summed E-state index contributed by atoms with van der Waals surface area (Å²) in [6.45, 7) is 0. The lowest BCUT2D eigenvalue weighted by atomic mass is 10.1. The Bertz CT molecular complexity index is 1080. The van der Waals surface area contributed by atoms with Gasteiger partial charge >= 0.3 is 0 Å². The molecule has 0 spiro atoms. The van der Waals surface area contributed by atoms with Gasteiger partial charge in [-0.25, -0.2) is 4.98 Å². The van der Waals surface area contributed by atoms with Crippen LogP contribution in [0.1, 0.15) is 15.9 Å². The van der Waals surface area contributed by atoms with E-state index in [1.165, 1.54) is 0 Å². The van der Waals surface area contributed by atoms with Crippen molar-refractivity contribution in [3.8, 4) is 5.69 Å². The summed E-state index contributed by atoms with van der Waals surface area (Å²) in [5, 5.41) is 0.995. The van der Waals surface area contributed by atoms with Gasteiger partial charge in [0.25, 0.3) is 5.91 Å². The predicted molar refractivity (Wildman–Crippen MR) is 101 cm³/mol. The van der Waals surface area contributed by atoms with Crippen LogP contribution < -0.4 is 10.9 Å². The maximum Gasteiger partial charge on any atom is 0.269 e. The van der Waals surface area contributed by atoms with Crippen molar-refractivity contribution in [3.05, 3.63) is 84.6 Å². The Kier molecular flexibility index (Phi) is 4.40. The molecule has 4 aromatic rings. The molecule has 0 radical (unpaired) electrons. The molecular weight excluding hydrogens is 342 g/mol. The second kappa shape index (κ2) is 7.17. The number of benzene rings is 2. The molecule has 4 rings (SSSR count). The van der Waals surface area contributed by atoms with Crippen LogP contribution in [-0.2, 0) is 11.2 Å². The number of H-pyrrole nitrogens is 1. The summed E-state index contributed by atoms with van der Waals surface area (Å²) in [6, 6.07) is 14.8. The average molecular weight is 359 g/mol. The number of carbonyl (C=O) groups excluding carboxylic acids is 2. The predicted octanol–water partition coefficient (Wildman–Crippen LogP) is 2.36. The smallest absolute Gasteiger partial charge is 0.269 e. The highest BCUT2D eigenvalue weighted by Crippen LogP contribution is 2.17. The van der Waals surface area contributed by atoms with Gasteiger partial charge in [-0.05, 0) is 35.9 Å². The number of amides is 2. The molecule has 0 aliphatic rings. The topological polar surface area (TPSA) is 91.8 Å². The molecule has 0 saturated heterocycles. The molecule has 2 heterocycles. The van der Waals surface area contributed by atoms with Crippen molar-refractivity contribution in [2.75, 3.05) is 0 Å². The third kappa shape index (κ3) is 3.57. The number of nitrogens with one attached hydrogen (secondary N) is 3. The minimum Gasteiger partial charge on any atom is -0.361 e. The Hall–Kier alpha value is -3.87. The summed E-state index contributed by atoms with van der Waals surface area (Å²) in [5.41, 5.74) is 8.10. The van der Waals surface area contributed by atoms with Crippen molar-refractivity contribution < 1.29 is 9.59 Å². The van der Waals surface area contributed by atoms with Gasteiger partial charge in [0.15, 0.2) is 0 Å². The summed E-state index contributed by atoms with van der Waals surface area (Å²) < 4.78 is 1.84. The molecule has 0 atom stereocenters. The van der Waals surface area contributed by atoms with E-state index in [1.807, 2.05) is 47.2 Å². The fraction of sp³-hybridized carbons (Fsp3) is 0.0500. The van der Waals surface area contributed by atoms with E-state index in [4.69, 9.17) is 0 Å². The van der Waals surface area contributed by atoms with Gasteiger partial charge in [0.2, 0.25) is 5.91 Å². The minimum atomic E-state index is -0.376. The molecule has 0 saturated carbocycles. The molecule has 27 heavy (non-hydrogen) atoms. The van der Waals surface area contributed by atoms with E-state index >= 15 is 0 Å². The first-order chi connectivity index (χ1) is 13.2. The Morgan fingerprint density at radius 2 is 1.85 bits per heavy atom. The molecule has 0 aliphatic heterocycles. The lowest BCUT2D eigenvalue weighted by molar-refractivity contribution is -0.121. The van der Waals surface area contributed by atoms with E-state index in [9.17, 15) is 9.59 Å². The van der Waals surface area contributed by atoms with E-state index in [1.54, 1.807) is 30.9 Å². The number of imidazole rings is 1. The third-order valence-corrected chi connectivity index (χ3v) is 4.27. The number of hydrogen-bond donors (Lipinski definition) is 3. The monoisotopic (exact) mass is 359 g/mol. The average Bonchev–Trinajstić information content (AvgIpc) is 3.37. The second-order valence-electron chi connectivity index (χ2n) is 6.06. The van der Waals surface area contributed by atoms with Crippen molar-refractivity contribution in [1.82, 2.24) is 25.4 Å². The molecule has 0 fully saturated rings. The summed E-state index contributed by atoms with van der Waals surface area (Å²) in [7, 11) is 0. The van der Waals surface area contributed by atoms with Crippen molar-refractivity contribution in [2.24, 2.45) is 0 Å². The Balaban J connectivity index is 1.35. The van der Waals surface area contributed by atoms with Gasteiger partial charge in [0.1, 0.15) is 0 Å². The second-order valence-corrected chi connectivity index (χ2v) is 6.06. The van der Waals surface area contributed by atoms with Crippen LogP contribution in [0.25, 0.3) is 16.6 Å². The van der Waals surface area contributed by atoms with Gasteiger partial charge in [-0.1, -0.05) is 18.2 Å². The number of aromatic nitrogens is 3. The van der Waals surface area contributed by atoms with E-state index < -0.39 is 0 Å². The molecule has 2 aromatic heterocycles. The normalized spacial score (nSPS) is 10.7. The SMILES string of the molecule is O=C(Cc1c[nH]c2ccccc12)NNC(=O)c1ccc(-n2ccnc2)cc1. The first kappa shape index (κ1) is 16.6. The number of carbonyl (C=O) groups is 2. The molecule has 7 heteroatoms. The summed E-state index contributed by atoms with van der Waals surface area (Å²) in [4.78, 5) is 31.5. The Morgan fingerprint density at radius 1 is 1.04 bits per heavy atom. The van der Waals surface area contributed by atoms with Crippen molar-refractivity contribution in [1.29, 1.82) is 0 Å². The van der Waals surface area contributed by atoms with E-state index in [-0.39, 0.29) is 18.2 Å². The van der Waals surface area contributed by atoms with Crippen LogP contribution in [0.5, 0.6) is 0 Å². The fourth-order valence-electron chi connectivity index (χ4n) is 2.89. The van der Waals surface area contributed by atoms with Crippen LogP contribution in [-0.4, -0.2) is 26.3 Å². The zero-order valence-corrected chi connectivity index (χ0v) is 14.3. The number of aromatic amines is 1. The van der Waals surface area contributed by atoms with Gasteiger partial charge in [-0.3, -0.25) is 20.4 Å².